The van der Waals surface area contributed by atoms with Gasteiger partial charge in [-0.15, -0.1) is 0 Å². The summed E-state index contributed by atoms with van der Waals surface area (Å²) >= 11 is 1.44. The van der Waals surface area contributed by atoms with Crippen molar-refractivity contribution in [2.45, 2.75) is 24.9 Å². The van der Waals surface area contributed by atoms with E-state index in [1.165, 1.54) is 11.8 Å². The maximum Gasteiger partial charge on any atom is 0.233 e. The van der Waals surface area contributed by atoms with E-state index in [0.29, 0.717) is 48.9 Å². The number of fused-ring (bicyclic) bond motifs is 1. The molecule has 3 heterocycles. The molecule has 34 heavy (non-hydrogen) atoms. The molecule has 9 heteroatoms. The number of imidazole rings is 1. The summed E-state index contributed by atoms with van der Waals surface area (Å²) in [7, 11) is 0. The quantitative estimate of drug-likeness (QED) is 0.541. The highest BCUT2D eigenvalue weighted by Gasteiger charge is 2.28. The van der Waals surface area contributed by atoms with Crippen LogP contribution in [0.5, 0.6) is 11.5 Å². The van der Waals surface area contributed by atoms with Crippen molar-refractivity contribution in [1.82, 2.24) is 14.5 Å². The van der Waals surface area contributed by atoms with Crippen LogP contribution in [0.3, 0.4) is 0 Å². The number of thioether (sulfide) groups is 1. The monoisotopic (exact) mass is 478 g/mol. The molecular weight excluding hydrogens is 452 g/mol. The summed E-state index contributed by atoms with van der Waals surface area (Å²) in [4.78, 5) is 31.8. The molecule has 2 aliphatic rings. The molecule has 0 bridgehead atoms. The first-order chi connectivity index (χ1) is 16.6. The molecule has 0 saturated carbocycles. The molecule has 1 aromatic heterocycles. The number of ether oxygens (including phenoxy) is 2. The Kier molecular flexibility index (Phi) is 6.44. The largest absolute Gasteiger partial charge is 0.454 e. The second-order valence-corrected chi connectivity index (χ2v) is 9.31. The third kappa shape index (κ3) is 4.75. The number of nitrogens with one attached hydrogen (secondary N) is 1. The van der Waals surface area contributed by atoms with Gasteiger partial charge in [0, 0.05) is 43.2 Å². The highest BCUT2D eigenvalue weighted by Crippen LogP contribution is 2.34. The van der Waals surface area contributed by atoms with Gasteiger partial charge in [0.1, 0.15) is 0 Å². The first-order valence-corrected chi connectivity index (χ1v) is 12.3. The number of likely N-dealkylation sites (tertiary alicyclic amines) is 1. The Labute approximate surface area is 202 Å². The van der Waals surface area contributed by atoms with Crippen LogP contribution in [0.4, 0.5) is 5.69 Å². The number of hydrogen-bond donors (Lipinski definition) is 1. The summed E-state index contributed by atoms with van der Waals surface area (Å²) in [6, 6.07) is 13.5. The second-order valence-electron chi connectivity index (χ2n) is 8.37. The van der Waals surface area contributed by atoms with Gasteiger partial charge in [-0.2, -0.15) is 0 Å². The smallest absolute Gasteiger partial charge is 0.233 e. The maximum absolute atomic E-state index is 12.8. The van der Waals surface area contributed by atoms with E-state index in [4.69, 9.17) is 9.47 Å². The van der Waals surface area contributed by atoms with Gasteiger partial charge >= 0.3 is 0 Å². The van der Waals surface area contributed by atoms with E-state index in [2.05, 4.69) is 23.3 Å². The van der Waals surface area contributed by atoms with Crippen LogP contribution < -0.4 is 14.8 Å². The Bertz CT molecular complexity index is 1200. The number of aromatic nitrogens is 2. The molecule has 1 fully saturated rings. The normalized spacial score (nSPS) is 15.4. The molecule has 0 atom stereocenters. The number of nitrogens with zero attached hydrogens (tertiary/aromatic N) is 3. The summed E-state index contributed by atoms with van der Waals surface area (Å²) in [5.74, 6) is 1.56. The number of para-hydroxylation sites is 1. The first-order valence-electron chi connectivity index (χ1n) is 11.3. The van der Waals surface area contributed by atoms with Crippen molar-refractivity contribution >= 4 is 29.3 Å². The molecular formula is C25H26N4O4S. The van der Waals surface area contributed by atoms with E-state index < -0.39 is 0 Å². The fraction of sp³-hybridized carbons (Fsp3) is 0.320. The standard InChI is InChI=1S/C25H26N4O4S/c1-17-4-2-3-5-20(17)29-13-10-26-25(29)34-15-23(30)28-11-8-18(9-12-28)24(31)27-19-6-7-21-22(14-19)33-16-32-21/h2-7,10,13-14,18H,8-9,11-12,15-16H2,1H3,(H,27,31). The Balaban J connectivity index is 1.12. The SMILES string of the molecule is Cc1ccccc1-n1ccnc1SCC(=O)N1CCC(C(=O)Nc2ccc3c(c2)OCO3)CC1. The number of carbonyl (C=O) groups is 2. The lowest BCUT2D eigenvalue weighted by molar-refractivity contribution is -0.132. The van der Waals surface area contributed by atoms with Crippen LogP contribution in [0.2, 0.25) is 0 Å². The molecule has 1 saturated heterocycles. The van der Waals surface area contributed by atoms with Gasteiger partial charge in [0.05, 0.1) is 11.4 Å². The van der Waals surface area contributed by atoms with Crippen LogP contribution in [0.1, 0.15) is 18.4 Å². The highest BCUT2D eigenvalue weighted by atomic mass is 32.2. The zero-order valence-corrected chi connectivity index (χ0v) is 19.7. The zero-order chi connectivity index (χ0) is 23.5. The van der Waals surface area contributed by atoms with Crippen molar-refractivity contribution < 1.29 is 19.1 Å². The molecule has 0 aliphatic carbocycles. The molecule has 1 N–H and O–H groups in total. The summed E-state index contributed by atoms with van der Waals surface area (Å²) in [5.41, 5.74) is 2.90. The molecule has 2 aromatic carbocycles. The van der Waals surface area contributed by atoms with Gasteiger partial charge in [0.2, 0.25) is 18.6 Å². The first kappa shape index (κ1) is 22.3. The lowest BCUT2D eigenvalue weighted by Crippen LogP contribution is -2.42. The number of benzene rings is 2. The molecule has 8 nitrogen and oxygen atoms in total. The number of aryl methyl sites for hydroxylation is 1. The second kappa shape index (κ2) is 9.80. The van der Waals surface area contributed by atoms with Gasteiger partial charge in [-0.1, -0.05) is 30.0 Å². The van der Waals surface area contributed by atoms with E-state index in [0.717, 1.165) is 16.4 Å². The predicted molar refractivity (Wildman–Crippen MR) is 130 cm³/mol. The van der Waals surface area contributed by atoms with Crippen molar-refractivity contribution in [3.63, 3.8) is 0 Å². The Morgan fingerprint density at radius 2 is 1.91 bits per heavy atom. The van der Waals surface area contributed by atoms with E-state index in [9.17, 15) is 9.59 Å². The number of amides is 2. The molecule has 0 unspecified atom stereocenters. The third-order valence-electron chi connectivity index (χ3n) is 6.17. The minimum atomic E-state index is -0.123. The molecule has 3 aromatic rings. The summed E-state index contributed by atoms with van der Waals surface area (Å²) in [6.45, 7) is 3.41. The minimum Gasteiger partial charge on any atom is -0.454 e. The van der Waals surface area contributed by atoms with Crippen LogP contribution in [0.25, 0.3) is 5.69 Å². The Morgan fingerprint density at radius 3 is 2.74 bits per heavy atom. The van der Waals surface area contributed by atoms with Crippen molar-refractivity contribution in [3.8, 4) is 17.2 Å². The van der Waals surface area contributed by atoms with Gasteiger partial charge in [-0.3, -0.25) is 14.2 Å². The van der Waals surface area contributed by atoms with Crippen LogP contribution >= 0.6 is 11.8 Å². The van der Waals surface area contributed by atoms with Gasteiger partial charge in [-0.25, -0.2) is 4.98 Å². The van der Waals surface area contributed by atoms with Gasteiger partial charge in [-0.05, 0) is 43.5 Å². The van der Waals surface area contributed by atoms with Crippen LogP contribution in [0, 0.1) is 12.8 Å². The number of rotatable bonds is 6. The summed E-state index contributed by atoms with van der Waals surface area (Å²) < 4.78 is 12.7. The number of anilines is 1. The van der Waals surface area contributed by atoms with Crippen LogP contribution in [-0.2, 0) is 9.59 Å². The zero-order valence-electron chi connectivity index (χ0n) is 18.9. The summed E-state index contributed by atoms with van der Waals surface area (Å²) in [6.07, 6.45) is 4.96. The molecule has 0 spiro atoms. The Hall–Kier alpha value is -3.46. The topological polar surface area (TPSA) is 85.7 Å². The van der Waals surface area contributed by atoms with Gasteiger partial charge < -0.3 is 19.7 Å². The third-order valence-corrected chi connectivity index (χ3v) is 7.12. The minimum absolute atomic E-state index is 0.0272. The van der Waals surface area contributed by atoms with Crippen molar-refractivity contribution in [2.24, 2.45) is 5.92 Å². The maximum atomic E-state index is 12.8. The number of hydrogen-bond acceptors (Lipinski definition) is 6. The number of piperidine rings is 1. The molecule has 176 valence electrons. The lowest BCUT2D eigenvalue weighted by atomic mass is 9.96. The van der Waals surface area contributed by atoms with Crippen molar-refractivity contribution in [2.75, 3.05) is 31.0 Å². The highest BCUT2D eigenvalue weighted by molar-refractivity contribution is 7.99. The van der Waals surface area contributed by atoms with E-state index >= 15 is 0 Å². The number of carbonyl (C=O) groups excluding carboxylic acids is 2. The molecule has 2 amide bonds. The molecule has 5 rings (SSSR count). The Morgan fingerprint density at radius 1 is 1.12 bits per heavy atom. The average molecular weight is 479 g/mol. The van der Waals surface area contributed by atoms with Gasteiger partial charge in [0.15, 0.2) is 16.7 Å². The summed E-state index contributed by atoms with van der Waals surface area (Å²) in [5, 5.41) is 3.75. The van der Waals surface area contributed by atoms with Crippen molar-refractivity contribution in [3.05, 3.63) is 60.4 Å². The fourth-order valence-corrected chi connectivity index (χ4v) is 5.11. The lowest BCUT2D eigenvalue weighted by Gasteiger charge is -2.31. The molecule has 0 radical (unpaired) electrons. The average Bonchev–Trinajstić information content (AvgIpc) is 3.52. The van der Waals surface area contributed by atoms with E-state index in [1.807, 2.05) is 39.9 Å². The van der Waals surface area contributed by atoms with E-state index in [-0.39, 0.29) is 24.5 Å². The van der Waals surface area contributed by atoms with Crippen LogP contribution in [0.15, 0.2) is 60.0 Å². The van der Waals surface area contributed by atoms with Gasteiger partial charge in [0.25, 0.3) is 0 Å². The fourth-order valence-electron chi connectivity index (χ4n) is 4.24. The van der Waals surface area contributed by atoms with Crippen LogP contribution in [-0.4, -0.2) is 51.9 Å². The predicted octanol–water partition coefficient (Wildman–Crippen LogP) is 3.88. The molecule has 2 aliphatic heterocycles. The van der Waals surface area contributed by atoms with Crippen molar-refractivity contribution in [1.29, 1.82) is 0 Å². The van der Waals surface area contributed by atoms with E-state index in [1.54, 1.807) is 18.3 Å².